The highest BCUT2D eigenvalue weighted by molar-refractivity contribution is 6.74. The molecule has 0 aliphatic carbocycles. The lowest BCUT2D eigenvalue weighted by Gasteiger charge is -2.36. The minimum absolute atomic E-state index is 0.0425. The van der Waals surface area contributed by atoms with E-state index >= 15 is 0 Å². The minimum atomic E-state index is -1.93. The van der Waals surface area contributed by atoms with Gasteiger partial charge in [0.1, 0.15) is 5.75 Å². The first-order chi connectivity index (χ1) is 11.8. The monoisotopic (exact) mass is 378 g/mol. The average Bonchev–Trinajstić information content (AvgIpc) is 2.69. The van der Waals surface area contributed by atoms with E-state index in [4.69, 9.17) is 9.16 Å². The lowest BCUT2D eigenvalue weighted by Crippen LogP contribution is -2.46. The first kappa shape index (κ1) is 20.6. The van der Waals surface area contributed by atoms with Gasteiger partial charge in [0.25, 0.3) is 0 Å². The lowest BCUT2D eigenvalue weighted by molar-refractivity contribution is -0.158. The van der Waals surface area contributed by atoms with Gasteiger partial charge in [-0.05, 0) is 41.7 Å². The van der Waals surface area contributed by atoms with Gasteiger partial charge in [0.15, 0.2) is 5.60 Å². The molecule has 144 valence electrons. The molecule has 0 radical (unpaired) electrons. The summed E-state index contributed by atoms with van der Waals surface area (Å²) < 4.78 is 10.9. The fourth-order valence-electron chi connectivity index (χ4n) is 3.01. The van der Waals surface area contributed by atoms with Crippen LogP contribution in [-0.4, -0.2) is 31.0 Å². The molecular formula is C20H30O5Si. The second kappa shape index (κ2) is 6.81. The number of aliphatic hydroxyl groups is 1. The maximum atomic E-state index is 12.1. The smallest absolute Gasteiger partial charge is 0.347 e. The van der Waals surface area contributed by atoms with Crippen molar-refractivity contribution in [2.75, 3.05) is 0 Å². The predicted octanol–water partition coefficient (Wildman–Crippen LogP) is 3.70. The number of ether oxygens (including phenoxy) is 1. The largest absolute Gasteiger partial charge is 0.544 e. The van der Waals surface area contributed by atoms with E-state index in [9.17, 15) is 14.7 Å². The molecule has 1 aromatic carbocycles. The quantitative estimate of drug-likeness (QED) is 0.480. The van der Waals surface area contributed by atoms with Crippen LogP contribution in [0, 0.1) is 11.8 Å². The van der Waals surface area contributed by atoms with E-state index in [1.807, 2.05) is 24.3 Å². The number of hydrogen-bond donors (Lipinski definition) is 1. The predicted molar refractivity (Wildman–Crippen MR) is 102 cm³/mol. The van der Waals surface area contributed by atoms with E-state index in [2.05, 4.69) is 33.9 Å². The molecule has 0 saturated carbocycles. The van der Waals surface area contributed by atoms with Crippen LogP contribution in [0.15, 0.2) is 24.3 Å². The van der Waals surface area contributed by atoms with E-state index in [0.29, 0.717) is 0 Å². The summed E-state index contributed by atoms with van der Waals surface area (Å²) in [6.45, 7) is 14.5. The molecular weight excluding hydrogens is 348 g/mol. The van der Waals surface area contributed by atoms with Gasteiger partial charge in [-0.2, -0.15) is 0 Å². The maximum Gasteiger partial charge on any atom is 0.347 e. The lowest BCUT2D eigenvalue weighted by atomic mass is 9.78. The van der Waals surface area contributed by atoms with Crippen molar-refractivity contribution in [2.45, 2.75) is 64.8 Å². The Morgan fingerprint density at radius 1 is 1.19 bits per heavy atom. The number of benzene rings is 1. The third kappa shape index (κ3) is 3.86. The first-order valence-electron chi connectivity index (χ1n) is 9.04. The molecule has 2 atom stereocenters. The van der Waals surface area contributed by atoms with Crippen LogP contribution in [0.1, 0.15) is 40.2 Å². The third-order valence-electron chi connectivity index (χ3n) is 5.56. The Morgan fingerprint density at radius 3 is 2.19 bits per heavy atom. The normalized spacial score (nSPS) is 24.1. The summed E-state index contributed by atoms with van der Waals surface area (Å²) in [4.78, 5) is 24.0. The highest BCUT2D eigenvalue weighted by Gasteiger charge is 2.57. The molecule has 1 aromatic rings. The van der Waals surface area contributed by atoms with Gasteiger partial charge in [0.05, 0.1) is 5.92 Å². The van der Waals surface area contributed by atoms with E-state index in [0.717, 1.165) is 11.3 Å². The standard InChI is InChI=1S/C20H30O5Si/c1-13(2)16-17(21)24-18(22)20(16,23)12-14-8-10-15(11-9-14)25-26(6,7)19(3,4)5/h8-11,13,16,23H,12H2,1-7H3. The molecule has 6 heteroatoms. The van der Waals surface area contributed by atoms with E-state index in [1.54, 1.807) is 13.8 Å². The summed E-state index contributed by atoms with van der Waals surface area (Å²) in [7, 11) is -1.93. The Kier molecular flexibility index (Phi) is 5.41. The molecule has 1 saturated heterocycles. The fourth-order valence-corrected chi connectivity index (χ4v) is 4.04. The van der Waals surface area contributed by atoms with Crippen molar-refractivity contribution in [3.05, 3.63) is 29.8 Å². The Hall–Kier alpha value is -1.66. The summed E-state index contributed by atoms with van der Waals surface area (Å²) in [5.74, 6) is -1.77. The van der Waals surface area contributed by atoms with E-state index < -0.39 is 31.8 Å². The van der Waals surface area contributed by atoms with Crippen molar-refractivity contribution in [2.24, 2.45) is 11.8 Å². The minimum Gasteiger partial charge on any atom is -0.544 e. The molecule has 26 heavy (non-hydrogen) atoms. The Labute approximate surface area is 156 Å². The molecule has 1 N–H and O–H groups in total. The average molecular weight is 379 g/mol. The van der Waals surface area contributed by atoms with Gasteiger partial charge in [0.2, 0.25) is 8.32 Å². The SMILES string of the molecule is CC(C)C1C(=O)OC(=O)C1(O)Cc1ccc(O[Si](C)(C)C(C)(C)C)cc1. The van der Waals surface area contributed by atoms with Gasteiger partial charge in [0, 0.05) is 6.42 Å². The molecule has 1 aliphatic rings. The first-order valence-corrected chi connectivity index (χ1v) is 12.0. The van der Waals surface area contributed by atoms with Crippen molar-refractivity contribution in [1.29, 1.82) is 0 Å². The third-order valence-corrected chi connectivity index (χ3v) is 9.92. The number of esters is 2. The molecule has 2 unspecified atom stereocenters. The Morgan fingerprint density at radius 2 is 1.73 bits per heavy atom. The summed E-state index contributed by atoms with van der Waals surface area (Å²) in [5.41, 5.74) is -1.06. The van der Waals surface area contributed by atoms with Crippen molar-refractivity contribution >= 4 is 20.3 Å². The van der Waals surface area contributed by atoms with Crippen LogP contribution in [-0.2, 0) is 20.7 Å². The topological polar surface area (TPSA) is 72.8 Å². The van der Waals surface area contributed by atoms with Crippen molar-refractivity contribution < 1.29 is 23.9 Å². The molecule has 0 amide bonds. The van der Waals surface area contributed by atoms with Crippen LogP contribution >= 0.6 is 0 Å². The zero-order valence-electron chi connectivity index (χ0n) is 16.8. The Balaban J connectivity index is 2.19. The van der Waals surface area contributed by atoms with Crippen molar-refractivity contribution in [3.8, 4) is 5.75 Å². The summed E-state index contributed by atoms with van der Waals surface area (Å²) in [5, 5.41) is 11.0. The fraction of sp³-hybridized carbons (Fsp3) is 0.600. The molecule has 0 bridgehead atoms. The van der Waals surface area contributed by atoms with Gasteiger partial charge in [-0.3, -0.25) is 4.79 Å². The van der Waals surface area contributed by atoms with Crippen LogP contribution in [0.2, 0.25) is 18.1 Å². The number of rotatable bonds is 5. The number of hydrogen-bond acceptors (Lipinski definition) is 5. The molecule has 0 spiro atoms. The zero-order chi connectivity index (χ0) is 19.9. The molecule has 1 aliphatic heterocycles. The molecule has 0 aromatic heterocycles. The number of carbonyl (C=O) groups is 2. The second-order valence-electron chi connectivity index (χ2n) is 9.04. The van der Waals surface area contributed by atoms with Crippen LogP contribution in [0.3, 0.4) is 0 Å². The molecule has 5 nitrogen and oxygen atoms in total. The summed E-state index contributed by atoms with van der Waals surface area (Å²) >= 11 is 0. The second-order valence-corrected chi connectivity index (χ2v) is 13.8. The molecule has 2 rings (SSSR count). The van der Waals surface area contributed by atoms with Gasteiger partial charge in [-0.1, -0.05) is 46.8 Å². The van der Waals surface area contributed by atoms with Gasteiger partial charge < -0.3 is 14.3 Å². The number of cyclic esters (lactones) is 2. The van der Waals surface area contributed by atoms with Crippen LogP contribution in [0.4, 0.5) is 0 Å². The molecule has 1 heterocycles. The van der Waals surface area contributed by atoms with Gasteiger partial charge in [-0.15, -0.1) is 0 Å². The summed E-state index contributed by atoms with van der Waals surface area (Å²) in [6, 6.07) is 7.36. The highest BCUT2D eigenvalue weighted by Crippen LogP contribution is 2.38. The highest BCUT2D eigenvalue weighted by atomic mass is 28.4. The van der Waals surface area contributed by atoms with E-state index in [-0.39, 0.29) is 17.4 Å². The van der Waals surface area contributed by atoms with E-state index in [1.165, 1.54) is 0 Å². The van der Waals surface area contributed by atoms with Crippen LogP contribution in [0.25, 0.3) is 0 Å². The van der Waals surface area contributed by atoms with Crippen LogP contribution < -0.4 is 4.43 Å². The van der Waals surface area contributed by atoms with Gasteiger partial charge in [-0.25, -0.2) is 4.79 Å². The van der Waals surface area contributed by atoms with Crippen molar-refractivity contribution in [1.82, 2.24) is 0 Å². The van der Waals surface area contributed by atoms with Crippen LogP contribution in [0.5, 0.6) is 5.75 Å². The van der Waals surface area contributed by atoms with Crippen molar-refractivity contribution in [3.63, 3.8) is 0 Å². The molecule has 1 fully saturated rings. The Bertz CT molecular complexity index is 687. The summed E-state index contributed by atoms with van der Waals surface area (Å²) in [6.07, 6.45) is 0.0425. The maximum absolute atomic E-state index is 12.1. The number of carbonyl (C=O) groups excluding carboxylic acids is 2. The van der Waals surface area contributed by atoms with Gasteiger partial charge >= 0.3 is 11.9 Å². The zero-order valence-corrected chi connectivity index (χ0v) is 17.8.